The van der Waals surface area contributed by atoms with Gasteiger partial charge in [0.1, 0.15) is 0 Å². The summed E-state index contributed by atoms with van der Waals surface area (Å²) in [6, 6.07) is 5.45. The fourth-order valence-corrected chi connectivity index (χ4v) is 3.31. The monoisotopic (exact) mass is 464 g/mol. The Morgan fingerprint density at radius 2 is 1.17 bits per heavy atom. The molecule has 1 aliphatic carbocycles. The normalized spacial score (nSPS) is 19.6. The number of fused-ring (bicyclic) bond motifs is 1. The predicted octanol–water partition coefficient (Wildman–Crippen LogP) is 7.24. The van der Waals surface area contributed by atoms with Crippen LogP contribution in [0.25, 0.3) is 0 Å². The Bertz CT molecular complexity index is 763. The molecule has 0 spiro atoms. The smallest absolute Gasteiger partial charge is 0.200 e. The van der Waals surface area contributed by atoms with Crippen LogP contribution in [0.5, 0.6) is 0 Å². The maximum absolute atomic E-state index is 14.1. The zero-order valence-corrected chi connectivity index (χ0v) is 14.6. The fraction of sp³-hybridized carbons (Fsp3) is 0.647. The minimum absolute atomic E-state index is 0.0509. The summed E-state index contributed by atoms with van der Waals surface area (Å²) < 4.78 is 172. The molecular weight excluding hydrogens is 451 g/mol. The first-order valence-corrected chi connectivity index (χ1v) is 8.35. The molecule has 172 valence electrons. The van der Waals surface area contributed by atoms with Crippen LogP contribution in [0.15, 0.2) is 24.3 Å². The van der Waals surface area contributed by atoms with E-state index in [1.807, 2.05) is 0 Å². The van der Waals surface area contributed by atoms with Gasteiger partial charge in [-0.05, 0) is 36.3 Å². The molecular formula is C17H13F13. The number of aryl methyl sites for hydroxylation is 1. The van der Waals surface area contributed by atoms with Gasteiger partial charge in [0, 0.05) is 6.42 Å². The maximum Gasteiger partial charge on any atom is 0.460 e. The topological polar surface area (TPSA) is 0 Å². The average Bonchev–Trinajstić information content (AvgIpc) is 2.60. The van der Waals surface area contributed by atoms with E-state index in [0.717, 1.165) is 0 Å². The molecule has 0 aliphatic heterocycles. The number of halogens is 13. The van der Waals surface area contributed by atoms with Gasteiger partial charge >= 0.3 is 35.8 Å². The van der Waals surface area contributed by atoms with E-state index >= 15 is 0 Å². The largest absolute Gasteiger partial charge is 0.460 e. The molecule has 30 heavy (non-hydrogen) atoms. The van der Waals surface area contributed by atoms with Gasteiger partial charge in [0.15, 0.2) is 0 Å². The number of hydrogen-bond donors (Lipinski definition) is 0. The summed E-state index contributed by atoms with van der Waals surface area (Å²) >= 11 is 0. The highest BCUT2D eigenvalue weighted by Crippen LogP contribution is 2.61. The van der Waals surface area contributed by atoms with E-state index in [1.54, 1.807) is 0 Å². The van der Waals surface area contributed by atoms with Crippen LogP contribution in [0.2, 0.25) is 0 Å². The van der Waals surface area contributed by atoms with Crippen molar-refractivity contribution in [3.05, 3.63) is 35.4 Å². The number of rotatable bonds is 6. The molecule has 0 saturated carbocycles. The molecule has 0 radical (unpaired) electrons. The highest BCUT2D eigenvalue weighted by atomic mass is 19.4. The number of hydrogen-bond acceptors (Lipinski definition) is 0. The molecule has 0 bridgehead atoms. The molecule has 1 aromatic rings. The molecule has 1 aliphatic rings. The van der Waals surface area contributed by atoms with Crippen LogP contribution in [0.3, 0.4) is 0 Å². The quantitative estimate of drug-likeness (QED) is 0.390. The zero-order chi connectivity index (χ0) is 23.4. The van der Waals surface area contributed by atoms with Crippen LogP contribution in [0, 0.1) is 0 Å². The molecule has 0 nitrogen and oxygen atoms in total. The second-order valence-corrected chi connectivity index (χ2v) is 6.99. The van der Waals surface area contributed by atoms with E-state index in [4.69, 9.17) is 0 Å². The van der Waals surface area contributed by atoms with Crippen molar-refractivity contribution in [2.45, 2.75) is 67.4 Å². The molecule has 13 heteroatoms. The molecule has 1 unspecified atom stereocenters. The van der Waals surface area contributed by atoms with Gasteiger partial charge in [-0.25, -0.2) is 0 Å². The molecule has 0 heterocycles. The minimum atomic E-state index is -7.85. The van der Waals surface area contributed by atoms with Gasteiger partial charge in [0.05, 0.1) is 0 Å². The zero-order valence-electron chi connectivity index (χ0n) is 14.6. The fourth-order valence-electron chi connectivity index (χ4n) is 3.31. The van der Waals surface area contributed by atoms with Crippen LogP contribution in [0.1, 0.15) is 36.3 Å². The average molecular weight is 464 g/mol. The SMILES string of the molecule is FC(F)(F)C(F)(F)C(F)(F)C(F)(F)C(F)(F)C(F)(F)CC1CCCc2ccccc21. The first-order chi connectivity index (χ1) is 13.3. The summed E-state index contributed by atoms with van der Waals surface area (Å²) in [6.07, 6.45) is -9.29. The second kappa shape index (κ2) is 7.18. The lowest BCUT2D eigenvalue weighted by molar-refractivity contribution is -0.440. The predicted molar refractivity (Wildman–Crippen MR) is 77.5 cm³/mol. The van der Waals surface area contributed by atoms with E-state index in [9.17, 15) is 57.1 Å². The van der Waals surface area contributed by atoms with Crippen molar-refractivity contribution in [1.82, 2.24) is 0 Å². The van der Waals surface area contributed by atoms with Crippen molar-refractivity contribution >= 4 is 0 Å². The van der Waals surface area contributed by atoms with Gasteiger partial charge in [0.2, 0.25) is 0 Å². The standard InChI is InChI=1S/C17H13F13/c18-12(19,8-10-6-3-5-9-4-1-2-7-11(9)10)13(20,21)14(22,23)15(24,25)16(26,27)17(28,29)30/h1-2,4,7,10H,3,5-6,8H2. The van der Waals surface area contributed by atoms with Gasteiger partial charge < -0.3 is 0 Å². The Labute approximate surface area is 161 Å². The van der Waals surface area contributed by atoms with E-state index in [0.29, 0.717) is 12.0 Å². The van der Waals surface area contributed by atoms with Gasteiger partial charge in [-0.1, -0.05) is 24.3 Å². The lowest BCUT2D eigenvalue weighted by Gasteiger charge is -2.40. The van der Waals surface area contributed by atoms with Gasteiger partial charge in [-0.2, -0.15) is 57.1 Å². The highest BCUT2D eigenvalue weighted by Gasteiger charge is 2.90. The Hall–Kier alpha value is -1.69. The molecule has 0 amide bonds. The van der Waals surface area contributed by atoms with Crippen molar-refractivity contribution in [1.29, 1.82) is 0 Å². The molecule has 0 N–H and O–H groups in total. The number of benzene rings is 1. The third kappa shape index (κ3) is 3.51. The number of alkyl halides is 13. The summed E-state index contributed by atoms with van der Waals surface area (Å²) in [7, 11) is 0. The lowest BCUT2D eigenvalue weighted by atomic mass is 9.78. The van der Waals surface area contributed by atoms with E-state index in [2.05, 4.69) is 0 Å². The summed E-state index contributed by atoms with van der Waals surface area (Å²) in [4.78, 5) is 0. The van der Waals surface area contributed by atoms with Crippen LogP contribution in [0.4, 0.5) is 57.1 Å². The molecule has 1 atom stereocenters. The van der Waals surface area contributed by atoms with Crippen molar-refractivity contribution in [2.24, 2.45) is 0 Å². The van der Waals surface area contributed by atoms with Gasteiger partial charge in [-0.3, -0.25) is 0 Å². The summed E-state index contributed by atoms with van der Waals surface area (Å²) in [6.45, 7) is 0. The Morgan fingerprint density at radius 3 is 1.70 bits per heavy atom. The van der Waals surface area contributed by atoms with E-state index < -0.39 is 48.1 Å². The molecule has 0 saturated heterocycles. The summed E-state index contributed by atoms with van der Waals surface area (Å²) in [5.41, 5.74) is 0.462. The van der Waals surface area contributed by atoms with Gasteiger partial charge in [0.25, 0.3) is 0 Å². The van der Waals surface area contributed by atoms with Crippen LogP contribution >= 0.6 is 0 Å². The van der Waals surface area contributed by atoms with Crippen molar-refractivity contribution in [3.8, 4) is 0 Å². The van der Waals surface area contributed by atoms with E-state index in [1.165, 1.54) is 24.3 Å². The summed E-state index contributed by atoms with van der Waals surface area (Å²) in [5.74, 6) is -38.0. The van der Waals surface area contributed by atoms with Gasteiger partial charge in [-0.15, -0.1) is 0 Å². The molecule has 2 rings (SSSR count). The Balaban J connectivity index is 2.43. The first kappa shape index (κ1) is 24.6. The second-order valence-electron chi connectivity index (χ2n) is 6.99. The minimum Gasteiger partial charge on any atom is -0.200 e. The maximum atomic E-state index is 14.1. The third-order valence-corrected chi connectivity index (χ3v) is 4.99. The van der Waals surface area contributed by atoms with Crippen molar-refractivity contribution < 1.29 is 57.1 Å². The van der Waals surface area contributed by atoms with E-state index in [-0.39, 0.29) is 18.4 Å². The van der Waals surface area contributed by atoms with Crippen molar-refractivity contribution in [2.75, 3.05) is 0 Å². The first-order valence-electron chi connectivity index (χ1n) is 8.35. The highest BCUT2D eigenvalue weighted by molar-refractivity contribution is 5.33. The molecule has 0 aromatic heterocycles. The Kier molecular flexibility index (Phi) is 5.88. The van der Waals surface area contributed by atoms with Crippen LogP contribution in [-0.2, 0) is 6.42 Å². The summed E-state index contributed by atoms with van der Waals surface area (Å²) in [5, 5.41) is 0. The lowest BCUT2D eigenvalue weighted by Crippen LogP contribution is -2.70. The molecule has 1 aromatic carbocycles. The van der Waals surface area contributed by atoms with Crippen molar-refractivity contribution in [3.63, 3.8) is 0 Å². The van der Waals surface area contributed by atoms with Crippen LogP contribution < -0.4 is 0 Å². The third-order valence-electron chi connectivity index (χ3n) is 4.99. The molecule has 0 fully saturated rings. The Morgan fingerprint density at radius 1 is 0.667 bits per heavy atom. The van der Waals surface area contributed by atoms with Crippen LogP contribution in [-0.4, -0.2) is 35.8 Å².